The third-order valence-electron chi connectivity index (χ3n) is 6.03. The number of sulfonamides is 1. The van der Waals surface area contributed by atoms with Gasteiger partial charge in [0.2, 0.25) is 5.60 Å². The van der Waals surface area contributed by atoms with Gasteiger partial charge >= 0.3 is 12.3 Å². The Morgan fingerprint density at radius 1 is 1.33 bits per heavy atom. The van der Waals surface area contributed by atoms with Gasteiger partial charge in [-0.3, -0.25) is 19.3 Å². The van der Waals surface area contributed by atoms with E-state index in [9.17, 15) is 26.4 Å². The third kappa shape index (κ3) is 6.17. The zero-order chi connectivity index (χ0) is 28.6. The maximum absolute atomic E-state index is 13.8. The van der Waals surface area contributed by atoms with Crippen molar-refractivity contribution in [2.24, 2.45) is 4.99 Å². The Bertz CT molecular complexity index is 1380. The van der Waals surface area contributed by atoms with Crippen molar-refractivity contribution >= 4 is 44.9 Å². The molecular weight excluding hydrogens is 567 g/mol. The number of fused-ring (bicyclic) bond motifs is 1. The number of amidine groups is 1. The Kier molecular flexibility index (Phi) is 7.91. The highest BCUT2D eigenvalue weighted by Crippen LogP contribution is 2.41. The van der Waals surface area contributed by atoms with Crippen molar-refractivity contribution in [3.8, 4) is 5.75 Å². The summed E-state index contributed by atoms with van der Waals surface area (Å²) in [4.78, 5) is 16.2. The lowest BCUT2D eigenvalue weighted by atomic mass is 10.1. The van der Waals surface area contributed by atoms with E-state index in [1.165, 1.54) is 29.1 Å². The molecule has 2 aliphatic rings. The molecule has 12 nitrogen and oxygen atoms in total. The first-order valence-electron chi connectivity index (χ1n) is 11.9. The molecule has 1 amide bonds. The lowest BCUT2D eigenvalue weighted by Crippen LogP contribution is -2.44. The monoisotopic (exact) mass is 593 g/mol. The van der Waals surface area contributed by atoms with Crippen LogP contribution in [0.25, 0.3) is 0 Å². The number of rotatable bonds is 8. The second-order valence-corrected chi connectivity index (χ2v) is 11.4. The van der Waals surface area contributed by atoms with Gasteiger partial charge in [-0.1, -0.05) is 11.6 Å². The van der Waals surface area contributed by atoms with Gasteiger partial charge in [-0.15, -0.1) is 0 Å². The van der Waals surface area contributed by atoms with Gasteiger partial charge in [0.1, 0.15) is 29.3 Å². The molecule has 3 N–H and O–H groups in total. The van der Waals surface area contributed by atoms with Gasteiger partial charge in [-0.05, 0) is 45.4 Å². The van der Waals surface area contributed by atoms with Crippen LogP contribution in [-0.4, -0.2) is 61.2 Å². The van der Waals surface area contributed by atoms with Gasteiger partial charge in [0.25, 0.3) is 10.0 Å². The minimum Gasteiger partial charge on any atom is -0.486 e. The van der Waals surface area contributed by atoms with Gasteiger partial charge in [0.05, 0.1) is 12.2 Å². The normalized spacial score (nSPS) is 17.7. The molecule has 2 aliphatic heterocycles. The fourth-order valence-corrected chi connectivity index (χ4v) is 5.74. The molecule has 0 saturated carbocycles. The molecule has 3 heterocycles. The number of hydrogen-bond donors (Lipinski definition) is 3. The van der Waals surface area contributed by atoms with Crippen molar-refractivity contribution in [3.05, 3.63) is 29.5 Å². The summed E-state index contributed by atoms with van der Waals surface area (Å²) in [7, 11) is -4.27. The lowest BCUT2D eigenvalue weighted by molar-refractivity contribution is -0.242. The minimum absolute atomic E-state index is 0.00934. The predicted molar refractivity (Wildman–Crippen MR) is 136 cm³/mol. The highest BCUT2D eigenvalue weighted by molar-refractivity contribution is 7.93. The van der Waals surface area contributed by atoms with E-state index < -0.39 is 34.0 Å². The second kappa shape index (κ2) is 10.7. The van der Waals surface area contributed by atoms with Crippen molar-refractivity contribution in [2.45, 2.75) is 62.9 Å². The Morgan fingerprint density at radius 3 is 2.69 bits per heavy atom. The van der Waals surface area contributed by atoms with Gasteiger partial charge in [0, 0.05) is 24.8 Å². The van der Waals surface area contributed by atoms with Gasteiger partial charge in [-0.2, -0.15) is 18.3 Å². The van der Waals surface area contributed by atoms with E-state index in [-0.39, 0.29) is 33.7 Å². The average molecular weight is 594 g/mol. The molecule has 2 aromatic rings. The van der Waals surface area contributed by atoms with Gasteiger partial charge in [-0.25, -0.2) is 18.6 Å². The van der Waals surface area contributed by atoms with Crippen LogP contribution in [0.2, 0.25) is 5.15 Å². The Labute approximate surface area is 227 Å². The molecule has 1 atom stereocenters. The Balaban J connectivity index is 1.64. The molecule has 0 bridgehead atoms. The van der Waals surface area contributed by atoms with Crippen LogP contribution < -0.4 is 25.2 Å². The Morgan fingerprint density at radius 2 is 2.08 bits per heavy atom. The summed E-state index contributed by atoms with van der Waals surface area (Å²) in [6, 6.07) is 4.05. The third-order valence-corrected chi connectivity index (χ3v) is 8.20. The number of alkyl halides is 3. The van der Waals surface area contributed by atoms with Gasteiger partial charge < -0.3 is 14.9 Å². The molecule has 17 heteroatoms. The number of amides is 1. The standard InChI is InChI=1S/C22H27ClF3N7O5S/c1-4-32-11-17(19(23)31-32)39(35,36)33-10-14(6-8-18-27-12-28-30-18)37-16-7-5-13(9-15(16)33)29-20(34)38-21(2,3)22(24,25)26/h5,7,9,11,14,28H,4,6,8,10,12H2,1-3H3,(H,27,30)(H,29,34). The number of nitrogens with one attached hydrogen (secondary N) is 3. The maximum Gasteiger partial charge on any atom is 0.427 e. The molecule has 214 valence electrons. The molecule has 0 fully saturated rings. The first-order valence-corrected chi connectivity index (χ1v) is 13.7. The van der Waals surface area contributed by atoms with Crippen molar-refractivity contribution < 1.29 is 35.9 Å². The highest BCUT2D eigenvalue weighted by Gasteiger charge is 2.51. The van der Waals surface area contributed by atoms with E-state index in [0.29, 0.717) is 45.7 Å². The number of halogens is 4. The van der Waals surface area contributed by atoms with Crippen molar-refractivity contribution in [1.82, 2.24) is 20.6 Å². The van der Waals surface area contributed by atoms with E-state index in [4.69, 9.17) is 16.3 Å². The largest absolute Gasteiger partial charge is 0.486 e. The fraction of sp³-hybridized carbons (Fsp3) is 0.500. The summed E-state index contributed by atoms with van der Waals surface area (Å²) in [6.45, 7) is 3.88. The molecule has 0 spiro atoms. The molecule has 0 saturated heterocycles. The van der Waals surface area contributed by atoms with Crippen LogP contribution in [0.4, 0.5) is 29.3 Å². The molecule has 0 radical (unpaired) electrons. The number of ether oxygens (including phenoxy) is 2. The van der Waals surface area contributed by atoms with Crippen LogP contribution >= 0.6 is 11.6 Å². The summed E-state index contributed by atoms with van der Waals surface area (Å²) in [5, 5.41) is 6.01. The average Bonchev–Trinajstić information content (AvgIpc) is 3.50. The maximum atomic E-state index is 13.8. The highest BCUT2D eigenvalue weighted by atomic mass is 35.5. The number of hydrogen-bond acceptors (Lipinski definition) is 9. The van der Waals surface area contributed by atoms with Crippen LogP contribution in [0.15, 0.2) is 34.3 Å². The van der Waals surface area contributed by atoms with Crippen molar-refractivity contribution in [3.63, 3.8) is 0 Å². The molecular formula is C22H27ClF3N7O5S. The van der Waals surface area contributed by atoms with Crippen LogP contribution in [0, 0.1) is 0 Å². The van der Waals surface area contributed by atoms with E-state index >= 15 is 0 Å². The summed E-state index contributed by atoms with van der Waals surface area (Å²) >= 11 is 6.17. The van der Waals surface area contributed by atoms with E-state index in [1.54, 1.807) is 6.92 Å². The number of carbonyl (C=O) groups excluding carboxylic acids is 1. The SMILES string of the molecule is CCn1cc(S(=O)(=O)N2CC(CCC3=NCNN3)Oc3ccc(NC(=O)OC(C)(C)C(F)(F)F)cc32)c(Cl)n1. The van der Waals surface area contributed by atoms with Crippen LogP contribution in [0.5, 0.6) is 5.75 Å². The summed E-state index contributed by atoms with van der Waals surface area (Å²) in [5.74, 6) is 0.883. The number of anilines is 2. The predicted octanol–water partition coefficient (Wildman–Crippen LogP) is 3.65. The van der Waals surface area contributed by atoms with Crippen LogP contribution in [-0.2, 0) is 21.3 Å². The van der Waals surface area contributed by atoms with E-state index in [0.717, 1.165) is 4.31 Å². The smallest absolute Gasteiger partial charge is 0.427 e. The Hall–Kier alpha value is -3.24. The van der Waals surface area contributed by atoms with E-state index in [2.05, 4.69) is 31.0 Å². The zero-order valence-electron chi connectivity index (χ0n) is 21.2. The molecule has 0 aliphatic carbocycles. The topological polar surface area (TPSA) is 139 Å². The van der Waals surface area contributed by atoms with Crippen molar-refractivity contribution in [2.75, 3.05) is 22.8 Å². The summed E-state index contributed by atoms with van der Waals surface area (Å²) in [5.41, 5.74) is 3.06. The zero-order valence-corrected chi connectivity index (χ0v) is 22.7. The number of benzene rings is 1. The number of aryl methyl sites for hydroxylation is 1. The first kappa shape index (κ1) is 28.8. The number of carbonyl (C=O) groups is 1. The van der Waals surface area contributed by atoms with Crippen LogP contribution in [0.3, 0.4) is 0 Å². The van der Waals surface area contributed by atoms with Crippen LogP contribution in [0.1, 0.15) is 33.6 Å². The molecule has 1 unspecified atom stereocenters. The second-order valence-electron chi connectivity index (χ2n) is 9.22. The van der Waals surface area contributed by atoms with Gasteiger partial charge in [0.15, 0.2) is 5.15 Å². The number of hydrazine groups is 1. The summed E-state index contributed by atoms with van der Waals surface area (Å²) in [6.07, 6.45) is -4.54. The molecule has 39 heavy (non-hydrogen) atoms. The number of aliphatic imine (C=N–C) groups is 1. The molecule has 1 aromatic carbocycles. The molecule has 4 rings (SSSR count). The first-order chi connectivity index (χ1) is 18.2. The molecule has 1 aromatic heterocycles. The van der Waals surface area contributed by atoms with Crippen molar-refractivity contribution in [1.29, 1.82) is 0 Å². The summed E-state index contributed by atoms with van der Waals surface area (Å²) < 4.78 is 80.0. The minimum atomic E-state index is -4.80. The quantitative estimate of drug-likeness (QED) is 0.422. The van der Waals surface area contributed by atoms with E-state index in [1.807, 2.05) is 0 Å². The fourth-order valence-electron chi connectivity index (χ4n) is 3.79. The lowest BCUT2D eigenvalue weighted by Gasteiger charge is -2.35. The number of aromatic nitrogens is 2. The number of nitrogens with zero attached hydrogens (tertiary/aromatic N) is 4.